The fraction of sp³-hybridized carbons (Fsp3) is 0.0625. The van der Waals surface area contributed by atoms with Crippen molar-refractivity contribution in [3.63, 3.8) is 0 Å². The van der Waals surface area contributed by atoms with Crippen LogP contribution >= 0.6 is 46.4 Å². The summed E-state index contributed by atoms with van der Waals surface area (Å²) in [6.07, 6.45) is 0. The zero-order chi connectivity index (χ0) is 18.1. The van der Waals surface area contributed by atoms with Crippen molar-refractivity contribution in [1.29, 1.82) is 0 Å². The number of benzene rings is 2. The van der Waals surface area contributed by atoms with Crippen LogP contribution in [0, 0.1) is 6.92 Å². The molecule has 128 valence electrons. The Bertz CT molecular complexity index is 951. The summed E-state index contributed by atoms with van der Waals surface area (Å²) in [6, 6.07) is 9.66. The Morgan fingerprint density at radius 2 is 1.68 bits per heavy atom. The lowest BCUT2D eigenvalue weighted by Gasteiger charge is -2.06. The number of nitrogens with zero attached hydrogens (tertiary/aromatic N) is 3. The second kappa shape index (κ2) is 7.22. The first kappa shape index (κ1) is 18.0. The number of hydrogen-bond donors (Lipinski definition) is 1. The SMILES string of the molecule is Cc1nc(C(=O)Nc2cc(Cl)cc(Cl)c2)nn1-c1cc(Cl)ccc1Cl. The van der Waals surface area contributed by atoms with Gasteiger partial charge in [-0.1, -0.05) is 46.4 Å². The van der Waals surface area contributed by atoms with Crippen LogP contribution < -0.4 is 5.32 Å². The summed E-state index contributed by atoms with van der Waals surface area (Å²) in [5.41, 5.74) is 0.973. The van der Waals surface area contributed by atoms with Gasteiger partial charge in [0, 0.05) is 20.8 Å². The number of nitrogens with one attached hydrogen (secondary N) is 1. The average molecular weight is 416 g/mol. The summed E-state index contributed by atoms with van der Waals surface area (Å²) < 4.78 is 1.45. The molecule has 1 amide bonds. The normalized spacial score (nSPS) is 10.8. The Hall–Kier alpha value is -1.79. The van der Waals surface area contributed by atoms with Gasteiger partial charge in [0.25, 0.3) is 5.91 Å². The van der Waals surface area contributed by atoms with E-state index in [0.29, 0.717) is 37.3 Å². The molecule has 0 saturated heterocycles. The van der Waals surface area contributed by atoms with Crippen LogP contribution in [0.1, 0.15) is 16.4 Å². The van der Waals surface area contributed by atoms with Crippen molar-refractivity contribution in [3.8, 4) is 5.69 Å². The highest BCUT2D eigenvalue weighted by Crippen LogP contribution is 2.25. The van der Waals surface area contributed by atoms with Crippen molar-refractivity contribution >= 4 is 58.0 Å². The summed E-state index contributed by atoms with van der Waals surface area (Å²) in [5, 5.41) is 8.60. The lowest BCUT2D eigenvalue weighted by molar-refractivity contribution is 0.101. The molecule has 0 saturated carbocycles. The van der Waals surface area contributed by atoms with E-state index in [4.69, 9.17) is 46.4 Å². The lowest BCUT2D eigenvalue weighted by atomic mass is 10.3. The van der Waals surface area contributed by atoms with Crippen molar-refractivity contribution in [2.45, 2.75) is 6.92 Å². The summed E-state index contributed by atoms with van der Waals surface area (Å²) in [6.45, 7) is 1.71. The maximum absolute atomic E-state index is 12.4. The third-order valence-corrected chi connectivity index (χ3v) is 4.22. The number of anilines is 1. The molecule has 3 rings (SSSR count). The van der Waals surface area contributed by atoms with E-state index in [2.05, 4.69) is 15.4 Å². The molecule has 9 heteroatoms. The second-order valence-electron chi connectivity index (χ2n) is 5.10. The first-order valence-electron chi connectivity index (χ1n) is 7.00. The van der Waals surface area contributed by atoms with Crippen LogP contribution in [-0.4, -0.2) is 20.7 Å². The van der Waals surface area contributed by atoms with E-state index >= 15 is 0 Å². The smallest absolute Gasteiger partial charge is 0.295 e. The van der Waals surface area contributed by atoms with Crippen molar-refractivity contribution in [2.75, 3.05) is 5.32 Å². The molecule has 1 N–H and O–H groups in total. The van der Waals surface area contributed by atoms with Crippen LogP contribution in [-0.2, 0) is 0 Å². The van der Waals surface area contributed by atoms with E-state index in [1.165, 1.54) is 4.68 Å². The third kappa shape index (κ3) is 4.07. The Morgan fingerprint density at radius 3 is 2.36 bits per heavy atom. The molecule has 1 heterocycles. The first-order chi connectivity index (χ1) is 11.8. The summed E-state index contributed by atoms with van der Waals surface area (Å²) >= 11 is 24.0. The molecular weight excluding hydrogens is 406 g/mol. The fourth-order valence-electron chi connectivity index (χ4n) is 2.18. The fourth-order valence-corrected chi connectivity index (χ4v) is 3.07. The highest BCUT2D eigenvalue weighted by Gasteiger charge is 2.17. The quantitative estimate of drug-likeness (QED) is 0.619. The number of halogens is 4. The number of carbonyl (C=O) groups excluding carboxylic acids is 1. The lowest BCUT2D eigenvalue weighted by Crippen LogP contribution is -2.14. The van der Waals surface area contributed by atoms with Gasteiger partial charge < -0.3 is 5.32 Å². The van der Waals surface area contributed by atoms with Gasteiger partial charge in [-0.2, -0.15) is 0 Å². The van der Waals surface area contributed by atoms with Gasteiger partial charge in [-0.3, -0.25) is 4.79 Å². The highest BCUT2D eigenvalue weighted by molar-refractivity contribution is 6.35. The number of aryl methyl sites for hydroxylation is 1. The third-order valence-electron chi connectivity index (χ3n) is 3.23. The predicted octanol–water partition coefficient (Wildman–Crippen LogP) is 5.44. The molecule has 5 nitrogen and oxygen atoms in total. The minimum atomic E-state index is -0.502. The zero-order valence-electron chi connectivity index (χ0n) is 12.7. The van der Waals surface area contributed by atoms with Crippen LogP contribution in [0.4, 0.5) is 5.69 Å². The molecule has 0 aliphatic rings. The van der Waals surface area contributed by atoms with E-state index in [0.717, 1.165) is 0 Å². The molecule has 0 radical (unpaired) electrons. The monoisotopic (exact) mass is 414 g/mol. The number of aromatic nitrogens is 3. The van der Waals surface area contributed by atoms with Crippen LogP contribution in [0.15, 0.2) is 36.4 Å². The molecule has 0 aliphatic heterocycles. The van der Waals surface area contributed by atoms with E-state index in [9.17, 15) is 4.79 Å². The molecule has 0 bridgehead atoms. The second-order valence-corrected chi connectivity index (χ2v) is 6.82. The summed E-state index contributed by atoms with van der Waals surface area (Å²) in [5.74, 6) is -0.0404. The molecule has 0 atom stereocenters. The van der Waals surface area contributed by atoms with Crippen molar-refractivity contribution in [2.24, 2.45) is 0 Å². The molecule has 2 aromatic carbocycles. The molecular formula is C16H10Cl4N4O. The van der Waals surface area contributed by atoms with Gasteiger partial charge in [0.05, 0.1) is 10.7 Å². The zero-order valence-corrected chi connectivity index (χ0v) is 15.7. The minimum absolute atomic E-state index is 0.0235. The Morgan fingerprint density at radius 1 is 1.00 bits per heavy atom. The highest BCUT2D eigenvalue weighted by atomic mass is 35.5. The van der Waals surface area contributed by atoms with Gasteiger partial charge in [0.15, 0.2) is 0 Å². The van der Waals surface area contributed by atoms with Crippen molar-refractivity contribution in [3.05, 3.63) is 68.1 Å². The van der Waals surface area contributed by atoms with Crippen LogP contribution in [0.2, 0.25) is 20.1 Å². The Balaban J connectivity index is 1.91. The van der Waals surface area contributed by atoms with Gasteiger partial charge in [-0.05, 0) is 43.3 Å². The molecule has 0 unspecified atom stereocenters. The topological polar surface area (TPSA) is 59.8 Å². The average Bonchev–Trinajstić information content (AvgIpc) is 2.90. The van der Waals surface area contributed by atoms with E-state index in [1.807, 2.05) is 0 Å². The largest absolute Gasteiger partial charge is 0.319 e. The summed E-state index contributed by atoms with van der Waals surface area (Å²) in [4.78, 5) is 16.6. The van der Waals surface area contributed by atoms with Gasteiger partial charge >= 0.3 is 0 Å². The molecule has 0 spiro atoms. The van der Waals surface area contributed by atoms with Crippen LogP contribution in [0.25, 0.3) is 5.69 Å². The van der Waals surface area contributed by atoms with E-state index in [-0.39, 0.29) is 5.82 Å². The van der Waals surface area contributed by atoms with Gasteiger partial charge in [0.1, 0.15) is 5.82 Å². The number of amides is 1. The molecule has 0 fully saturated rings. The van der Waals surface area contributed by atoms with Gasteiger partial charge in [-0.25, -0.2) is 9.67 Å². The van der Waals surface area contributed by atoms with E-state index in [1.54, 1.807) is 43.3 Å². The van der Waals surface area contributed by atoms with Crippen LogP contribution in [0.3, 0.4) is 0 Å². The maximum Gasteiger partial charge on any atom is 0.295 e. The van der Waals surface area contributed by atoms with Crippen molar-refractivity contribution < 1.29 is 4.79 Å². The molecule has 0 aliphatic carbocycles. The standard InChI is InChI=1S/C16H10Cl4N4O/c1-8-21-15(16(25)22-12-5-10(18)4-11(19)6-12)23-24(8)14-7-9(17)2-3-13(14)20/h2-7H,1H3,(H,22,25). The Labute approximate surface area is 163 Å². The first-order valence-corrected chi connectivity index (χ1v) is 8.51. The molecule has 25 heavy (non-hydrogen) atoms. The van der Waals surface area contributed by atoms with Crippen molar-refractivity contribution in [1.82, 2.24) is 14.8 Å². The van der Waals surface area contributed by atoms with Gasteiger partial charge in [0.2, 0.25) is 5.82 Å². The maximum atomic E-state index is 12.4. The number of rotatable bonds is 3. The molecule has 3 aromatic rings. The Kier molecular flexibility index (Phi) is 5.20. The predicted molar refractivity (Wildman–Crippen MR) is 101 cm³/mol. The summed E-state index contributed by atoms with van der Waals surface area (Å²) in [7, 11) is 0. The van der Waals surface area contributed by atoms with E-state index < -0.39 is 5.91 Å². The van der Waals surface area contributed by atoms with Gasteiger partial charge in [-0.15, -0.1) is 5.10 Å². The minimum Gasteiger partial charge on any atom is -0.319 e. The number of carbonyl (C=O) groups is 1. The molecule has 1 aromatic heterocycles. The number of hydrogen-bond acceptors (Lipinski definition) is 3. The van der Waals surface area contributed by atoms with Crippen LogP contribution in [0.5, 0.6) is 0 Å².